The lowest BCUT2D eigenvalue weighted by Crippen LogP contribution is -2.36. The van der Waals surface area contributed by atoms with E-state index >= 15 is 0 Å². The van der Waals surface area contributed by atoms with Gasteiger partial charge in [-0.05, 0) is 43.3 Å². The van der Waals surface area contributed by atoms with Gasteiger partial charge >= 0.3 is 0 Å². The Kier molecular flexibility index (Phi) is 4.40. The van der Waals surface area contributed by atoms with E-state index in [-0.39, 0.29) is 0 Å². The van der Waals surface area contributed by atoms with E-state index in [2.05, 4.69) is 53.8 Å². The fourth-order valence-corrected chi connectivity index (χ4v) is 4.58. The molecule has 2 aromatic carbocycles. The van der Waals surface area contributed by atoms with Gasteiger partial charge in [0.25, 0.3) is 0 Å². The Hall–Kier alpha value is -1.68. The monoisotopic (exact) mass is 387 g/mol. The lowest BCUT2D eigenvalue weighted by molar-refractivity contribution is -0.669. The first-order chi connectivity index (χ1) is 12.1. The molecular weight excluding hydrogens is 371 g/mol. The molecule has 2 nitrogen and oxygen atoms in total. The van der Waals surface area contributed by atoms with Gasteiger partial charge in [0.2, 0.25) is 11.2 Å². The number of rotatable bonds is 2. The zero-order chi connectivity index (χ0) is 17.6. The highest BCUT2D eigenvalue weighted by molar-refractivity contribution is 8.03. The number of hydrogen-bond acceptors (Lipinski definition) is 2. The maximum atomic E-state index is 6.22. The van der Waals surface area contributed by atoms with Crippen LogP contribution in [0.2, 0.25) is 10.0 Å². The van der Waals surface area contributed by atoms with Gasteiger partial charge in [-0.15, -0.1) is 0 Å². The summed E-state index contributed by atoms with van der Waals surface area (Å²) in [6.45, 7) is 3.03. The Labute approximate surface area is 161 Å². The minimum absolute atomic E-state index is 0.758. The van der Waals surface area contributed by atoms with Crippen molar-refractivity contribution in [2.24, 2.45) is 0 Å². The fraction of sp³-hybridized carbons (Fsp3) is 0.150. The molecule has 5 heteroatoms. The van der Waals surface area contributed by atoms with Crippen LogP contribution in [0.5, 0.6) is 0 Å². The summed E-state index contributed by atoms with van der Waals surface area (Å²) in [6.07, 6.45) is 2.22. The highest BCUT2D eigenvalue weighted by Crippen LogP contribution is 2.46. The van der Waals surface area contributed by atoms with Gasteiger partial charge in [-0.1, -0.05) is 35.0 Å². The largest absolute Gasteiger partial charge is 0.338 e. The second kappa shape index (κ2) is 6.56. The molecule has 1 aliphatic heterocycles. The van der Waals surface area contributed by atoms with Crippen molar-refractivity contribution in [3.63, 3.8) is 0 Å². The van der Waals surface area contributed by atoms with Gasteiger partial charge in [-0.25, -0.2) is 0 Å². The van der Waals surface area contributed by atoms with E-state index < -0.39 is 0 Å². The average Bonchev–Trinajstić information content (AvgIpc) is 2.90. The molecule has 0 amide bonds. The van der Waals surface area contributed by atoms with Crippen LogP contribution in [0.3, 0.4) is 0 Å². The first-order valence-electron chi connectivity index (χ1n) is 8.12. The van der Waals surface area contributed by atoms with Crippen LogP contribution in [-0.2, 0) is 6.54 Å². The molecule has 1 aromatic heterocycles. The molecule has 2 heterocycles. The van der Waals surface area contributed by atoms with Crippen LogP contribution in [0.25, 0.3) is 17.0 Å². The Morgan fingerprint density at radius 3 is 2.56 bits per heavy atom. The van der Waals surface area contributed by atoms with Crippen molar-refractivity contribution in [2.75, 3.05) is 11.9 Å². The van der Waals surface area contributed by atoms with Gasteiger partial charge in [-0.2, -0.15) is 4.57 Å². The lowest BCUT2D eigenvalue weighted by Gasteiger charge is -2.13. The van der Waals surface area contributed by atoms with Gasteiger partial charge < -0.3 is 4.90 Å². The van der Waals surface area contributed by atoms with Crippen molar-refractivity contribution in [3.8, 4) is 0 Å². The van der Waals surface area contributed by atoms with Crippen molar-refractivity contribution < 1.29 is 4.57 Å². The second-order valence-electron chi connectivity index (χ2n) is 5.96. The number of benzene rings is 2. The van der Waals surface area contributed by atoms with Gasteiger partial charge in [0.05, 0.1) is 10.7 Å². The Balaban J connectivity index is 1.82. The van der Waals surface area contributed by atoms with E-state index in [0.717, 1.165) is 33.5 Å². The smallest absolute Gasteiger partial charge is 0.214 e. The van der Waals surface area contributed by atoms with E-state index in [9.17, 15) is 0 Å². The van der Waals surface area contributed by atoms with Crippen LogP contribution in [0.15, 0.2) is 58.5 Å². The SMILES string of the molecule is CC[n+]1c(/C=C2\Sc3ccc(Cl)cc3N2C)ccc2ccc(Cl)cc21. The maximum absolute atomic E-state index is 6.22. The van der Waals surface area contributed by atoms with Crippen molar-refractivity contribution in [1.29, 1.82) is 0 Å². The van der Waals surface area contributed by atoms with Crippen molar-refractivity contribution in [1.82, 2.24) is 0 Å². The molecule has 0 bridgehead atoms. The third-order valence-electron chi connectivity index (χ3n) is 4.44. The zero-order valence-electron chi connectivity index (χ0n) is 14.0. The van der Waals surface area contributed by atoms with E-state index in [1.165, 1.54) is 15.3 Å². The number of thioether (sulfide) groups is 1. The van der Waals surface area contributed by atoms with Crippen LogP contribution in [-0.4, -0.2) is 7.05 Å². The van der Waals surface area contributed by atoms with Crippen LogP contribution in [0.4, 0.5) is 5.69 Å². The summed E-state index contributed by atoms with van der Waals surface area (Å²) in [6, 6.07) is 16.4. The standard InChI is InChI=1S/C20H17Cl2N2S/c1-3-24-16(8-5-13-4-6-14(21)10-17(13)24)12-20-23(2)18-11-15(22)7-9-19(18)25-20/h4-12H,3H2,1-2H3/q+1. The highest BCUT2D eigenvalue weighted by atomic mass is 35.5. The van der Waals surface area contributed by atoms with Crippen molar-refractivity contribution in [2.45, 2.75) is 18.4 Å². The van der Waals surface area contributed by atoms with E-state index in [4.69, 9.17) is 23.2 Å². The highest BCUT2D eigenvalue weighted by Gasteiger charge is 2.24. The predicted octanol–water partition coefficient (Wildman–Crippen LogP) is 5.99. The summed E-state index contributed by atoms with van der Waals surface area (Å²) >= 11 is 14.1. The Bertz CT molecular complexity index is 1010. The van der Waals surface area contributed by atoms with Gasteiger partial charge in [0.15, 0.2) is 0 Å². The molecule has 1 aliphatic rings. The van der Waals surface area contributed by atoms with Gasteiger partial charge in [-0.3, -0.25) is 0 Å². The molecule has 3 aromatic rings. The van der Waals surface area contributed by atoms with Crippen LogP contribution in [0, 0.1) is 0 Å². The lowest BCUT2D eigenvalue weighted by atomic mass is 10.2. The molecule has 126 valence electrons. The van der Waals surface area contributed by atoms with E-state index in [0.29, 0.717) is 0 Å². The van der Waals surface area contributed by atoms with Crippen LogP contribution < -0.4 is 9.47 Å². The van der Waals surface area contributed by atoms with Crippen molar-refractivity contribution >= 4 is 57.6 Å². The molecule has 0 radical (unpaired) electrons. The third kappa shape index (κ3) is 3.01. The molecule has 0 atom stereocenters. The molecule has 0 unspecified atom stereocenters. The summed E-state index contributed by atoms with van der Waals surface area (Å²) in [5.41, 5.74) is 3.46. The molecule has 0 fully saturated rings. The number of aryl methyl sites for hydroxylation is 1. The number of halogens is 2. The number of pyridine rings is 1. The van der Waals surface area contributed by atoms with E-state index in [1.807, 2.05) is 24.3 Å². The maximum Gasteiger partial charge on any atom is 0.214 e. The quantitative estimate of drug-likeness (QED) is 0.498. The van der Waals surface area contributed by atoms with Crippen molar-refractivity contribution in [3.05, 3.63) is 69.3 Å². The second-order valence-corrected chi connectivity index (χ2v) is 7.90. The van der Waals surface area contributed by atoms with Gasteiger partial charge in [0.1, 0.15) is 6.54 Å². The number of hydrogen-bond donors (Lipinski definition) is 0. The van der Waals surface area contributed by atoms with Crippen LogP contribution in [0.1, 0.15) is 12.6 Å². The molecule has 25 heavy (non-hydrogen) atoms. The predicted molar refractivity (Wildman–Crippen MR) is 109 cm³/mol. The summed E-state index contributed by atoms with van der Waals surface area (Å²) in [5, 5.41) is 3.89. The molecule has 0 saturated heterocycles. The Morgan fingerprint density at radius 2 is 1.76 bits per heavy atom. The first-order valence-corrected chi connectivity index (χ1v) is 9.69. The number of aromatic nitrogens is 1. The Morgan fingerprint density at radius 1 is 1.04 bits per heavy atom. The third-order valence-corrected chi connectivity index (χ3v) is 6.08. The summed E-state index contributed by atoms with van der Waals surface area (Å²) in [4.78, 5) is 3.42. The summed E-state index contributed by atoms with van der Waals surface area (Å²) in [7, 11) is 2.08. The first kappa shape index (κ1) is 16.8. The number of nitrogens with zero attached hydrogens (tertiary/aromatic N) is 2. The topological polar surface area (TPSA) is 7.12 Å². The molecule has 0 aliphatic carbocycles. The number of fused-ring (bicyclic) bond motifs is 2. The normalized spacial score (nSPS) is 15.2. The number of anilines is 1. The van der Waals surface area contributed by atoms with Gasteiger partial charge in [0, 0.05) is 45.6 Å². The fourth-order valence-electron chi connectivity index (χ4n) is 3.17. The molecule has 0 saturated carbocycles. The van der Waals surface area contributed by atoms with Crippen LogP contribution >= 0.6 is 35.0 Å². The summed E-state index contributed by atoms with van der Waals surface area (Å²) in [5.74, 6) is 0. The zero-order valence-corrected chi connectivity index (χ0v) is 16.3. The average molecular weight is 388 g/mol. The molecule has 0 N–H and O–H groups in total. The minimum Gasteiger partial charge on any atom is -0.338 e. The minimum atomic E-state index is 0.758. The summed E-state index contributed by atoms with van der Waals surface area (Å²) < 4.78 is 2.29. The molecule has 4 rings (SSSR count). The van der Waals surface area contributed by atoms with E-state index in [1.54, 1.807) is 11.8 Å². The molecular formula is C20H17Cl2N2S+. The molecule has 0 spiro atoms.